The highest BCUT2D eigenvalue weighted by Gasteiger charge is 2.24. The molecule has 0 atom stereocenters. The van der Waals surface area contributed by atoms with Crippen LogP contribution in [0.2, 0.25) is 0 Å². The van der Waals surface area contributed by atoms with Crippen molar-refractivity contribution in [2.75, 3.05) is 19.4 Å². The summed E-state index contributed by atoms with van der Waals surface area (Å²) in [7, 11) is 1.61. The molecule has 0 unspecified atom stereocenters. The SMILES string of the molecule is COc1ncccc1-c1cccc2c(C(=O)N3CCc4nc(N)ncc4C3)cccc12. The molecule has 1 aliphatic rings. The van der Waals surface area contributed by atoms with Crippen molar-refractivity contribution in [1.29, 1.82) is 0 Å². The normalized spacial score (nSPS) is 13.1. The van der Waals surface area contributed by atoms with Gasteiger partial charge in [-0.3, -0.25) is 4.79 Å². The predicted octanol–water partition coefficient (Wildman–Crippen LogP) is 3.48. The van der Waals surface area contributed by atoms with Crippen LogP contribution in [0.1, 0.15) is 21.6 Å². The fraction of sp³-hybridized carbons (Fsp3) is 0.167. The third-order valence-electron chi connectivity index (χ3n) is 5.65. The van der Waals surface area contributed by atoms with Gasteiger partial charge in [-0.1, -0.05) is 30.3 Å². The number of aromatic nitrogens is 3. The smallest absolute Gasteiger partial charge is 0.254 e. The minimum absolute atomic E-state index is 0.0108. The van der Waals surface area contributed by atoms with Gasteiger partial charge in [-0.15, -0.1) is 0 Å². The van der Waals surface area contributed by atoms with Crippen molar-refractivity contribution in [2.45, 2.75) is 13.0 Å². The number of nitrogens with two attached hydrogens (primary N) is 1. The van der Waals surface area contributed by atoms with Crippen LogP contribution in [0.15, 0.2) is 60.9 Å². The Kier molecular flexibility index (Phi) is 4.71. The van der Waals surface area contributed by atoms with Crippen molar-refractivity contribution in [1.82, 2.24) is 19.9 Å². The van der Waals surface area contributed by atoms with Gasteiger partial charge >= 0.3 is 0 Å². The van der Waals surface area contributed by atoms with Gasteiger partial charge in [0.1, 0.15) is 0 Å². The molecule has 1 aliphatic heterocycles. The molecular weight excluding hydrogens is 390 g/mol. The van der Waals surface area contributed by atoms with Crippen molar-refractivity contribution in [3.8, 4) is 17.0 Å². The number of ether oxygens (including phenoxy) is 1. The highest BCUT2D eigenvalue weighted by atomic mass is 16.5. The Hall–Kier alpha value is -4.00. The van der Waals surface area contributed by atoms with E-state index in [9.17, 15) is 4.79 Å². The van der Waals surface area contributed by atoms with Gasteiger partial charge in [-0.2, -0.15) is 0 Å². The summed E-state index contributed by atoms with van der Waals surface area (Å²) in [6, 6.07) is 15.6. The lowest BCUT2D eigenvalue weighted by Gasteiger charge is -2.28. The summed E-state index contributed by atoms with van der Waals surface area (Å²) < 4.78 is 5.46. The lowest BCUT2D eigenvalue weighted by Crippen LogP contribution is -2.36. The van der Waals surface area contributed by atoms with Crippen LogP contribution in [0.4, 0.5) is 5.95 Å². The second kappa shape index (κ2) is 7.68. The van der Waals surface area contributed by atoms with Crippen LogP contribution >= 0.6 is 0 Å². The number of amides is 1. The van der Waals surface area contributed by atoms with E-state index in [2.05, 4.69) is 15.0 Å². The van der Waals surface area contributed by atoms with Crippen molar-refractivity contribution >= 4 is 22.6 Å². The Balaban J connectivity index is 1.56. The molecule has 5 rings (SSSR count). The number of pyridine rings is 1. The average molecular weight is 411 g/mol. The molecular formula is C24H21N5O2. The molecule has 0 bridgehead atoms. The summed E-state index contributed by atoms with van der Waals surface area (Å²) in [5.41, 5.74) is 10.1. The summed E-state index contributed by atoms with van der Waals surface area (Å²) >= 11 is 0. The fourth-order valence-corrected chi connectivity index (χ4v) is 4.17. The molecule has 0 radical (unpaired) electrons. The molecule has 0 saturated carbocycles. The number of nitrogens with zero attached hydrogens (tertiary/aromatic N) is 4. The number of carbonyl (C=O) groups excluding carboxylic acids is 1. The van der Waals surface area contributed by atoms with E-state index in [0.29, 0.717) is 31.0 Å². The van der Waals surface area contributed by atoms with E-state index in [0.717, 1.165) is 33.2 Å². The summed E-state index contributed by atoms with van der Waals surface area (Å²) in [4.78, 5) is 28.0. The van der Waals surface area contributed by atoms with Crippen molar-refractivity contribution in [2.24, 2.45) is 0 Å². The van der Waals surface area contributed by atoms with Gasteiger partial charge in [-0.25, -0.2) is 15.0 Å². The Bertz CT molecular complexity index is 1300. The van der Waals surface area contributed by atoms with E-state index in [1.54, 1.807) is 19.5 Å². The third kappa shape index (κ3) is 3.34. The lowest BCUT2D eigenvalue weighted by molar-refractivity contribution is 0.0735. The van der Waals surface area contributed by atoms with E-state index in [1.807, 2.05) is 53.4 Å². The number of anilines is 1. The van der Waals surface area contributed by atoms with E-state index in [1.165, 1.54) is 0 Å². The Morgan fingerprint density at radius 3 is 2.71 bits per heavy atom. The number of fused-ring (bicyclic) bond motifs is 2. The maximum Gasteiger partial charge on any atom is 0.254 e. The number of rotatable bonds is 3. The van der Waals surface area contributed by atoms with Gasteiger partial charge < -0.3 is 15.4 Å². The number of methoxy groups -OCH3 is 1. The molecule has 2 aromatic carbocycles. The lowest BCUT2D eigenvalue weighted by atomic mass is 9.95. The van der Waals surface area contributed by atoms with E-state index < -0.39 is 0 Å². The number of carbonyl (C=O) groups is 1. The first-order valence-corrected chi connectivity index (χ1v) is 10.1. The maximum absolute atomic E-state index is 13.5. The standard InChI is InChI=1S/C24H21N5O2/c1-31-22-19(9-4-11-26-22)17-6-2-7-18-16(17)5-3-8-20(18)23(30)29-12-10-21-15(14-29)13-27-24(25)28-21/h2-9,11,13H,10,12,14H2,1H3,(H2,25,27,28). The number of nitrogen functional groups attached to an aromatic ring is 1. The number of benzene rings is 2. The minimum atomic E-state index is -0.0108. The number of hydrogen-bond acceptors (Lipinski definition) is 6. The van der Waals surface area contributed by atoms with Crippen LogP contribution in [0.5, 0.6) is 5.88 Å². The van der Waals surface area contributed by atoms with Crippen LogP contribution in [0.3, 0.4) is 0 Å². The van der Waals surface area contributed by atoms with Gasteiger partial charge in [-0.05, 0) is 34.5 Å². The van der Waals surface area contributed by atoms with E-state index in [-0.39, 0.29) is 11.9 Å². The highest BCUT2D eigenvalue weighted by Crippen LogP contribution is 2.35. The molecule has 0 saturated heterocycles. The topological polar surface area (TPSA) is 94.2 Å². The Labute approximate surface area is 179 Å². The molecule has 2 aromatic heterocycles. The van der Waals surface area contributed by atoms with Gasteiger partial charge in [0.05, 0.1) is 12.8 Å². The molecule has 4 aromatic rings. The zero-order valence-electron chi connectivity index (χ0n) is 17.1. The van der Waals surface area contributed by atoms with Gasteiger partial charge in [0, 0.05) is 48.6 Å². The van der Waals surface area contributed by atoms with Crippen LogP contribution in [0, 0.1) is 0 Å². The van der Waals surface area contributed by atoms with Crippen LogP contribution in [-0.4, -0.2) is 39.4 Å². The molecule has 2 N–H and O–H groups in total. The van der Waals surface area contributed by atoms with Crippen molar-refractivity contribution < 1.29 is 9.53 Å². The first-order valence-electron chi connectivity index (χ1n) is 10.1. The fourth-order valence-electron chi connectivity index (χ4n) is 4.17. The molecule has 7 heteroatoms. The monoisotopic (exact) mass is 411 g/mol. The maximum atomic E-state index is 13.5. The molecule has 1 amide bonds. The first kappa shape index (κ1) is 19.0. The summed E-state index contributed by atoms with van der Waals surface area (Å²) in [6.45, 7) is 1.07. The highest BCUT2D eigenvalue weighted by molar-refractivity contribution is 6.10. The molecule has 0 fully saturated rings. The Morgan fingerprint density at radius 2 is 1.84 bits per heavy atom. The first-order chi connectivity index (χ1) is 15.2. The van der Waals surface area contributed by atoms with Crippen molar-refractivity contribution in [3.05, 3.63) is 77.7 Å². The van der Waals surface area contributed by atoms with Gasteiger partial charge in [0.2, 0.25) is 11.8 Å². The molecule has 154 valence electrons. The quantitative estimate of drug-likeness (QED) is 0.555. The molecule has 7 nitrogen and oxygen atoms in total. The molecule has 31 heavy (non-hydrogen) atoms. The van der Waals surface area contributed by atoms with Crippen molar-refractivity contribution in [3.63, 3.8) is 0 Å². The molecule has 0 spiro atoms. The summed E-state index contributed by atoms with van der Waals surface area (Å²) in [5.74, 6) is 0.813. The average Bonchev–Trinajstić information content (AvgIpc) is 2.82. The zero-order chi connectivity index (χ0) is 21.4. The van der Waals surface area contributed by atoms with Crippen LogP contribution in [-0.2, 0) is 13.0 Å². The second-order valence-corrected chi connectivity index (χ2v) is 7.44. The van der Waals surface area contributed by atoms with E-state index in [4.69, 9.17) is 10.5 Å². The van der Waals surface area contributed by atoms with Crippen LogP contribution < -0.4 is 10.5 Å². The largest absolute Gasteiger partial charge is 0.481 e. The molecule has 3 heterocycles. The van der Waals surface area contributed by atoms with Gasteiger partial charge in [0.25, 0.3) is 5.91 Å². The number of hydrogen-bond donors (Lipinski definition) is 1. The summed E-state index contributed by atoms with van der Waals surface area (Å²) in [5, 5.41) is 1.88. The van der Waals surface area contributed by atoms with Crippen LogP contribution in [0.25, 0.3) is 21.9 Å². The summed E-state index contributed by atoms with van der Waals surface area (Å²) in [6.07, 6.45) is 4.08. The van der Waals surface area contributed by atoms with E-state index >= 15 is 0 Å². The van der Waals surface area contributed by atoms with Gasteiger partial charge in [0.15, 0.2) is 0 Å². The predicted molar refractivity (Wildman–Crippen MR) is 119 cm³/mol. The minimum Gasteiger partial charge on any atom is -0.481 e. The molecule has 0 aliphatic carbocycles. The zero-order valence-corrected chi connectivity index (χ0v) is 17.1. The second-order valence-electron chi connectivity index (χ2n) is 7.44. The Morgan fingerprint density at radius 1 is 1.03 bits per heavy atom. The third-order valence-corrected chi connectivity index (χ3v) is 5.65.